The second-order valence-corrected chi connectivity index (χ2v) is 6.48. The highest BCUT2D eigenvalue weighted by atomic mass is 79.9. The third kappa shape index (κ3) is 3.63. The Labute approximate surface area is 119 Å². The summed E-state index contributed by atoms with van der Waals surface area (Å²) in [4.78, 5) is 11.9. The first-order chi connectivity index (χ1) is 8.16. The van der Waals surface area contributed by atoms with E-state index in [0.717, 1.165) is 16.8 Å². The van der Waals surface area contributed by atoms with Crippen molar-refractivity contribution >= 4 is 45.2 Å². The van der Waals surface area contributed by atoms with Crippen LogP contribution in [0.2, 0.25) is 5.02 Å². The van der Waals surface area contributed by atoms with E-state index in [9.17, 15) is 4.79 Å². The van der Waals surface area contributed by atoms with E-state index in [0.29, 0.717) is 16.5 Å². The van der Waals surface area contributed by atoms with Crippen molar-refractivity contribution in [2.75, 3.05) is 18.1 Å². The zero-order chi connectivity index (χ0) is 12.3. The molecule has 1 unspecified atom stereocenters. The molecule has 0 saturated carbocycles. The van der Waals surface area contributed by atoms with Gasteiger partial charge in [0.2, 0.25) is 0 Å². The van der Waals surface area contributed by atoms with Gasteiger partial charge in [-0.25, -0.2) is 0 Å². The zero-order valence-corrected chi connectivity index (χ0v) is 12.4. The molecule has 2 nitrogen and oxygen atoms in total. The topological polar surface area (TPSA) is 29.1 Å². The molecule has 0 bridgehead atoms. The number of amides is 1. The molecule has 1 N–H and O–H groups in total. The maximum Gasteiger partial charge on any atom is 0.251 e. The van der Waals surface area contributed by atoms with Gasteiger partial charge in [-0.1, -0.05) is 11.6 Å². The van der Waals surface area contributed by atoms with Crippen molar-refractivity contribution in [2.45, 2.75) is 6.42 Å². The van der Waals surface area contributed by atoms with E-state index in [4.69, 9.17) is 11.6 Å². The number of carbonyl (C=O) groups is 1. The molecule has 1 aromatic carbocycles. The summed E-state index contributed by atoms with van der Waals surface area (Å²) in [6.45, 7) is 0.763. The fraction of sp³-hybridized carbons (Fsp3) is 0.417. The molecule has 1 amide bonds. The van der Waals surface area contributed by atoms with Crippen molar-refractivity contribution in [2.24, 2.45) is 5.92 Å². The summed E-state index contributed by atoms with van der Waals surface area (Å²) in [5, 5.41) is 3.53. The van der Waals surface area contributed by atoms with Gasteiger partial charge >= 0.3 is 0 Å². The molecule has 1 heterocycles. The van der Waals surface area contributed by atoms with E-state index in [-0.39, 0.29) is 5.91 Å². The summed E-state index contributed by atoms with van der Waals surface area (Å²) >= 11 is 11.2. The number of rotatable bonds is 3. The van der Waals surface area contributed by atoms with E-state index < -0.39 is 0 Å². The number of hydrogen-bond acceptors (Lipinski definition) is 2. The lowest BCUT2D eigenvalue weighted by molar-refractivity contribution is 0.0948. The Morgan fingerprint density at radius 3 is 3.06 bits per heavy atom. The van der Waals surface area contributed by atoms with Crippen LogP contribution in [-0.4, -0.2) is 24.0 Å². The Kier molecular flexibility index (Phi) is 4.77. The predicted octanol–water partition coefficient (Wildman–Crippen LogP) is 3.59. The minimum absolute atomic E-state index is 0.0451. The number of hydrogen-bond donors (Lipinski definition) is 1. The maximum atomic E-state index is 11.9. The van der Waals surface area contributed by atoms with Crippen molar-refractivity contribution in [3.05, 3.63) is 33.3 Å². The van der Waals surface area contributed by atoms with Crippen molar-refractivity contribution in [1.29, 1.82) is 0 Å². The molecule has 1 fully saturated rings. The van der Waals surface area contributed by atoms with Gasteiger partial charge in [0.1, 0.15) is 0 Å². The molecule has 2 rings (SSSR count). The number of halogens is 2. The predicted molar refractivity (Wildman–Crippen MR) is 76.9 cm³/mol. The average Bonchev–Trinajstić information content (AvgIpc) is 2.82. The molecule has 92 valence electrons. The van der Waals surface area contributed by atoms with Crippen LogP contribution in [0.1, 0.15) is 16.8 Å². The molecular weight excluding hydrogens is 322 g/mol. The van der Waals surface area contributed by atoms with Crippen LogP contribution in [0.5, 0.6) is 0 Å². The van der Waals surface area contributed by atoms with Gasteiger partial charge in [-0.3, -0.25) is 4.79 Å². The van der Waals surface area contributed by atoms with Crippen LogP contribution in [0, 0.1) is 5.92 Å². The van der Waals surface area contributed by atoms with Gasteiger partial charge in [0.05, 0.1) is 5.02 Å². The summed E-state index contributed by atoms with van der Waals surface area (Å²) < 4.78 is 0.808. The van der Waals surface area contributed by atoms with Crippen molar-refractivity contribution in [1.82, 2.24) is 5.32 Å². The Bertz CT molecular complexity index is 421. The summed E-state index contributed by atoms with van der Waals surface area (Å²) in [6, 6.07) is 5.25. The van der Waals surface area contributed by atoms with Gasteiger partial charge < -0.3 is 5.32 Å². The SMILES string of the molecule is O=C(NCC1CCSC1)c1ccc(Br)c(Cl)c1. The van der Waals surface area contributed by atoms with E-state index in [1.807, 2.05) is 11.8 Å². The molecule has 1 aliphatic heterocycles. The Hall–Kier alpha value is -0.190. The monoisotopic (exact) mass is 333 g/mol. The molecule has 1 aromatic rings. The first kappa shape index (κ1) is 13.2. The number of nitrogens with one attached hydrogen (secondary N) is 1. The van der Waals surface area contributed by atoms with E-state index in [2.05, 4.69) is 21.2 Å². The number of carbonyl (C=O) groups excluding carboxylic acids is 1. The van der Waals surface area contributed by atoms with Gasteiger partial charge in [-0.05, 0) is 58.0 Å². The van der Waals surface area contributed by atoms with E-state index in [1.54, 1.807) is 18.2 Å². The second-order valence-electron chi connectivity index (χ2n) is 4.07. The van der Waals surface area contributed by atoms with Crippen LogP contribution in [0.15, 0.2) is 22.7 Å². The smallest absolute Gasteiger partial charge is 0.251 e. The first-order valence-corrected chi connectivity index (χ1v) is 7.80. The minimum Gasteiger partial charge on any atom is -0.352 e. The molecule has 1 aliphatic rings. The molecule has 5 heteroatoms. The van der Waals surface area contributed by atoms with Gasteiger partial charge in [0, 0.05) is 16.6 Å². The molecule has 1 atom stereocenters. The van der Waals surface area contributed by atoms with Crippen LogP contribution < -0.4 is 5.32 Å². The van der Waals surface area contributed by atoms with Gasteiger partial charge in [0.25, 0.3) is 5.91 Å². The van der Waals surface area contributed by atoms with Gasteiger partial charge in [-0.2, -0.15) is 11.8 Å². The molecular formula is C12H13BrClNOS. The van der Waals surface area contributed by atoms with E-state index >= 15 is 0 Å². The van der Waals surface area contributed by atoms with Gasteiger partial charge in [0.15, 0.2) is 0 Å². The zero-order valence-electron chi connectivity index (χ0n) is 9.21. The van der Waals surface area contributed by atoms with Crippen molar-refractivity contribution in [3.8, 4) is 0 Å². The Morgan fingerprint density at radius 2 is 2.41 bits per heavy atom. The largest absolute Gasteiger partial charge is 0.352 e. The molecule has 0 aliphatic carbocycles. The minimum atomic E-state index is -0.0451. The van der Waals surface area contributed by atoms with Crippen LogP contribution in [-0.2, 0) is 0 Å². The first-order valence-electron chi connectivity index (χ1n) is 5.48. The third-order valence-corrected chi connectivity index (χ3v) is 5.22. The lowest BCUT2D eigenvalue weighted by atomic mass is 10.1. The lowest BCUT2D eigenvalue weighted by Crippen LogP contribution is -2.29. The average molecular weight is 335 g/mol. The molecule has 17 heavy (non-hydrogen) atoms. The fourth-order valence-electron chi connectivity index (χ4n) is 1.72. The van der Waals surface area contributed by atoms with Crippen LogP contribution in [0.4, 0.5) is 0 Å². The second kappa shape index (κ2) is 6.12. The van der Waals surface area contributed by atoms with E-state index in [1.165, 1.54) is 12.2 Å². The van der Waals surface area contributed by atoms with Crippen LogP contribution >= 0.6 is 39.3 Å². The highest BCUT2D eigenvalue weighted by Gasteiger charge is 2.16. The molecule has 0 aromatic heterocycles. The van der Waals surface area contributed by atoms with Gasteiger partial charge in [-0.15, -0.1) is 0 Å². The summed E-state index contributed by atoms with van der Waals surface area (Å²) in [6.07, 6.45) is 1.20. The number of benzene rings is 1. The van der Waals surface area contributed by atoms with Crippen LogP contribution in [0.3, 0.4) is 0 Å². The summed E-state index contributed by atoms with van der Waals surface area (Å²) in [5.74, 6) is 2.94. The summed E-state index contributed by atoms with van der Waals surface area (Å²) in [7, 11) is 0. The van der Waals surface area contributed by atoms with Crippen molar-refractivity contribution in [3.63, 3.8) is 0 Å². The Morgan fingerprint density at radius 1 is 1.59 bits per heavy atom. The maximum absolute atomic E-state index is 11.9. The quantitative estimate of drug-likeness (QED) is 0.915. The standard InChI is InChI=1S/C12H13BrClNOS/c13-10-2-1-9(5-11(10)14)12(16)15-6-8-3-4-17-7-8/h1-2,5,8H,3-4,6-7H2,(H,15,16). The fourth-order valence-corrected chi connectivity index (χ4v) is 3.43. The molecule has 0 spiro atoms. The highest BCUT2D eigenvalue weighted by Crippen LogP contribution is 2.24. The lowest BCUT2D eigenvalue weighted by Gasteiger charge is -2.10. The van der Waals surface area contributed by atoms with Crippen LogP contribution in [0.25, 0.3) is 0 Å². The van der Waals surface area contributed by atoms with Crippen molar-refractivity contribution < 1.29 is 4.79 Å². The normalized spacial score (nSPS) is 19.3. The molecule has 1 saturated heterocycles. The number of thioether (sulfide) groups is 1. The highest BCUT2D eigenvalue weighted by molar-refractivity contribution is 9.10. The molecule has 0 radical (unpaired) electrons. The Balaban J connectivity index is 1.92. The third-order valence-electron chi connectivity index (χ3n) is 2.76. The summed E-state index contributed by atoms with van der Waals surface area (Å²) in [5.41, 5.74) is 0.615.